The second-order valence-corrected chi connectivity index (χ2v) is 7.99. The molecular weight excluding hydrogens is 286 g/mol. The molecule has 5 nitrogen and oxygen atoms in total. The summed E-state index contributed by atoms with van der Waals surface area (Å²) in [5.74, 6) is 0. The number of nitrogen functional groups attached to an aromatic ring is 1. The van der Waals surface area contributed by atoms with Crippen LogP contribution in [0.4, 0.5) is 5.69 Å². The van der Waals surface area contributed by atoms with Crippen molar-refractivity contribution in [3.63, 3.8) is 0 Å². The Hall–Kier alpha value is -1.11. The van der Waals surface area contributed by atoms with Gasteiger partial charge >= 0.3 is 0 Å². The van der Waals surface area contributed by atoms with E-state index in [4.69, 9.17) is 5.73 Å². The zero-order valence-electron chi connectivity index (χ0n) is 13.3. The first-order chi connectivity index (χ1) is 9.73. The van der Waals surface area contributed by atoms with Gasteiger partial charge in [-0.25, -0.2) is 8.42 Å². The van der Waals surface area contributed by atoms with E-state index in [9.17, 15) is 8.42 Å². The van der Waals surface area contributed by atoms with Gasteiger partial charge in [-0.1, -0.05) is 0 Å². The molecule has 0 radical (unpaired) electrons. The molecule has 1 aliphatic rings. The Balaban J connectivity index is 2.43. The van der Waals surface area contributed by atoms with Gasteiger partial charge in [0.25, 0.3) is 0 Å². The molecule has 0 bridgehead atoms. The normalized spacial score (nSPS) is 20.3. The number of nitrogens with two attached hydrogens (primary N) is 1. The number of sulfonamides is 1. The predicted octanol–water partition coefficient (Wildman–Crippen LogP) is 1.60. The first-order valence-corrected chi connectivity index (χ1v) is 8.71. The first kappa shape index (κ1) is 16.3. The molecule has 0 saturated carbocycles. The van der Waals surface area contributed by atoms with Crippen molar-refractivity contribution in [1.29, 1.82) is 0 Å². The topological polar surface area (TPSA) is 66.6 Å². The van der Waals surface area contributed by atoms with E-state index in [0.717, 1.165) is 30.5 Å². The molecular formula is C15H25N3O2S. The van der Waals surface area contributed by atoms with Crippen molar-refractivity contribution in [2.75, 3.05) is 32.9 Å². The van der Waals surface area contributed by atoms with Crippen LogP contribution in [0.5, 0.6) is 0 Å². The van der Waals surface area contributed by atoms with E-state index < -0.39 is 10.0 Å². The SMILES string of the molecule is Cc1cc(N)cc(C)c1S(=O)(=O)N1CCCC1CN(C)C. The van der Waals surface area contributed by atoms with Crippen LogP contribution in [0.3, 0.4) is 0 Å². The molecule has 1 aromatic rings. The maximum atomic E-state index is 13.0. The molecule has 2 rings (SSSR count). The molecule has 0 aliphatic carbocycles. The Bertz CT molecular complexity index is 603. The zero-order valence-corrected chi connectivity index (χ0v) is 14.1. The molecule has 1 aromatic carbocycles. The van der Waals surface area contributed by atoms with Crippen molar-refractivity contribution >= 4 is 15.7 Å². The molecule has 1 fully saturated rings. The molecule has 1 unspecified atom stereocenters. The van der Waals surface area contributed by atoms with Crippen molar-refractivity contribution in [3.05, 3.63) is 23.3 Å². The molecule has 118 valence electrons. The molecule has 21 heavy (non-hydrogen) atoms. The summed E-state index contributed by atoms with van der Waals surface area (Å²) in [5, 5.41) is 0. The average molecular weight is 311 g/mol. The third-order valence-electron chi connectivity index (χ3n) is 3.95. The predicted molar refractivity (Wildman–Crippen MR) is 85.8 cm³/mol. The summed E-state index contributed by atoms with van der Waals surface area (Å²) in [6, 6.07) is 3.52. The van der Waals surface area contributed by atoms with E-state index in [-0.39, 0.29) is 6.04 Å². The number of nitrogens with zero attached hydrogens (tertiary/aromatic N) is 2. The summed E-state index contributed by atoms with van der Waals surface area (Å²) in [4.78, 5) is 2.46. The van der Waals surface area contributed by atoms with Crippen molar-refractivity contribution < 1.29 is 8.42 Å². The van der Waals surface area contributed by atoms with E-state index >= 15 is 0 Å². The van der Waals surface area contributed by atoms with Crippen LogP contribution in [-0.4, -0.2) is 50.8 Å². The van der Waals surface area contributed by atoms with Gasteiger partial charge in [-0.05, 0) is 64.0 Å². The van der Waals surface area contributed by atoms with Crippen LogP contribution in [0.25, 0.3) is 0 Å². The highest BCUT2D eigenvalue weighted by molar-refractivity contribution is 7.89. The summed E-state index contributed by atoms with van der Waals surface area (Å²) in [7, 11) is 0.490. The summed E-state index contributed by atoms with van der Waals surface area (Å²) < 4.78 is 27.8. The van der Waals surface area contributed by atoms with Gasteiger partial charge in [-0.2, -0.15) is 4.31 Å². The van der Waals surface area contributed by atoms with Gasteiger partial charge in [0.1, 0.15) is 0 Å². The van der Waals surface area contributed by atoms with Crippen LogP contribution >= 0.6 is 0 Å². The molecule has 2 N–H and O–H groups in total. The molecule has 0 amide bonds. The van der Waals surface area contributed by atoms with Crippen LogP contribution in [-0.2, 0) is 10.0 Å². The van der Waals surface area contributed by atoms with Gasteiger partial charge in [0.05, 0.1) is 4.90 Å². The lowest BCUT2D eigenvalue weighted by Gasteiger charge is -2.27. The molecule has 1 saturated heterocycles. The Morgan fingerprint density at radius 2 is 1.86 bits per heavy atom. The molecule has 1 atom stereocenters. The number of hydrogen-bond donors (Lipinski definition) is 1. The number of hydrogen-bond acceptors (Lipinski definition) is 4. The monoisotopic (exact) mass is 311 g/mol. The Morgan fingerprint density at radius 1 is 1.29 bits per heavy atom. The lowest BCUT2D eigenvalue weighted by molar-refractivity contribution is 0.291. The smallest absolute Gasteiger partial charge is 0.243 e. The van der Waals surface area contributed by atoms with E-state index in [2.05, 4.69) is 0 Å². The highest BCUT2D eigenvalue weighted by Crippen LogP contribution is 2.31. The second-order valence-electron chi connectivity index (χ2n) is 6.16. The molecule has 1 aliphatic heterocycles. The zero-order chi connectivity index (χ0) is 15.8. The molecule has 1 heterocycles. The van der Waals surface area contributed by atoms with Gasteiger partial charge < -0.3 is 10.6 Å². The van der Waals surface area contributed by atoms with Crippen molar-refractivity contribution in [2.45, 2.75) is 37.6 Å². The van der Waals surface area contributed by atoms with E-state index in [1.807, 2.05) is 32.8 Å². The van der Waals surface area contributed by atoms with Crippen LogP contribution < -0.4 is 5.73 Å². The summed E-state index contributed by atoms with van der Waals surface area (Å²) in [6.45, 7) is 4.98. The quantitative estimate of drug-likeness (QED) is 0.858. The van der Waals surface area contributed by atoms with Gasteiger partial charge in [0.15, 0.2) is 0 Å². The number of anilines is 1. The van der Waals surface area contributed by atoms with Crippen molar-refractivity contribution in [2.24, 2.45) is 0 Å². The van der Waals surface area contributed by atoms with Crippen molar-refractivity contribution in [1.82, 2.24) is 9.21 Å². The average Bonchev–Trinajstić information content (AvgIpc) is 2.74. The Kier molecular flexibility index (Phi) is 4.60. The Labute approximate surface area is 127 Å². The maximum Gasteiger partial charge on any atom is 0.243 e. The Morgan fingerprint density at radius 3 is 2.38 bits per heavy atom. The van der Waals surface area contributed by atoms with Gasteiger partial charge in [0, 0.05) is 24.8 Å². The number of rotatable bonds is 4. The summed E-state index contributed by atoms with van der Waals surface area (Å²) in [5.41, 5.74) is 7.86. The number of likely N-dealkylation sites (N-methyl/N-ethyl adjacent to an activating group) is 1. The lowest BCUT2D eigenvalue weighted by atomic mass is 10.1. The van der Waals surface area contributed by atoms with Crippen LogP contribution in [0.1, 0.15) is 24.0 Å². The number of aryl methyl sites for hydroxylation is 2. The lowest BCUT2D eigenvalue weighted by Crippen LogP contribution is -2.41. The fraction of sp³-hybridized carbons (Fsp3) is 0.600. The van der Waals surface area contributed by atoms with Gasteiger partial charge in [-0.3, -0.25) is 0 Å². The van der Waals surface area contributed by atoms with E-state index in [0.29, 0.717) is 17.1 Å². The largest absolute Gasteiger partial charge is 0.399 e. The minimum atomic E-state index is -3.46. The van der Waals surface area contributed by atoms with E-state index in [1.54, 1.807) is 16.4 Å². The highest BCUT2D eigenvalue weighted by atomic mass is 32.2. The van der Waals surface area contributed by atoms with Crippen LogP contribution in [0.15, 0.2) is 17.0 Å². The minimum absolute atomic E-state index is 0.0568. The standard InChI is InChI=1S/C15H25N3O2S/c1-11-8-13(16)9-12(2)15(11)21(19,20)18-7-5-6-14(18)10-17(3)4/h8-9,14H,5-7,10,16H2,1-4H3. The van der Waals surface area contributed by atoms with Gasteiger partial charge in [-0.15, -0.1) is 0 Å². The molecule has 6 heteroatoms. The summed E-state index contributed by atoms with van der Waals surface area (Å²) in [6.07, 6.45) is 1.84. The maximum absolute atomic E-state index is 13.0. The fourth-order valence-electron chi connectivity index (χ4n) is 3.24. The summed E-state index contributed by atoms with van der Waals surface area (Å²) >= 11 is 0. The first-order valence-electron chi connectivity index (χ1n) is 7.26. The van der Waals surface area contributed by atoms with E-state index in [1.165, 1.54) is 0 Å². The van der Waals surface area contributed by atoms with Gasteiger partial charge in [0.2, 0.25) is 10.0 Å². The highest BCUT2D eigenvalue weighted by Gasteiger charge is 2.36. The molecule has 0 aromatic heterocycles. The fourth-order valence-corrected chi connectivity index (χ4v) is 5.34. The number of benzene rings is 1. The van der Waals surface area contributed by atoms with Crippen molar-refractivity contribution in [3.8, 4) is 0 Å². The third-order valence-corrected chi connectivity index (χ3v) is 6.21. The van der Waals surface area contributed by atoms with Crippen LogP contribution in [0, 0.1) is 13.8 Å². The third kappa shape index (κ3) is 3.22. The van der Waals surface area contributed by atoms with Crippen LogP contribution in [0.2, 0.25) is 0 Å². The minimum Gasteiger partial charge on any atom is -0.399 e. The second kappa shape index (κ2) is 5.94. The molecule has 0 spiro atoms.